The Hall–Kier alpha value is -0.830. The zero-order valence-electron chi connectivity index (χ0n) is 9.63. The molecule has 1 heterocycles. The highest BCUT2D eigenvalue weighted by Gasteiger charge is 2.07. The number of anilines is 1. The van der Waals surface area contributed by atoms with Crippen LogP contribution in [0.5, 0.6) is 0 Å². The van der Waals surface area contributed by atoms with Crippen molar-refractivity contribution in [2.45, 2.75) is 13.5 Å². The van der Waals surface area contributed by atoms with Gasteiger partial charge in [0.15, 0.2) is 0 Å². The van der Waals surface area contributed by atoms with Gasteiger partial charge in [0.2, 0.25) is 0 Å². The molecule has 92 valence electrons. The van der Waals surface area contributed by atoms with Crippen LogP contribution in [0.15, 0.2) is 32.5 Å². The molecule has 0 aliphatic carbocycles. The van der Waals surface area contributed by atoms with Crippen molar-refractivity contribution in [1.82, 2.24) is 0 Å². The van der Waals surface area contributed by atoms with E-state index < -0.39 is 0 Å². The van der Waals surface area contributed by atoms with Gasteiger partial charge in [-0.2, -0.15) is 5.26 Å². The molecule has 0 spiro atoms. The van der Waals surface area contributed by atoms with Gasteiger partial charge in [0.25, 0.3) is 0 Å². The minimum absolute atomic E-state index is 0.715. The van der Waals surface area contributed by atoms with Gasteiger partial charge in [-0.05, 0) is 56.5 Å². The lowest BCUT2D eigenvalue weighted by atomic mass is 10.1. The second-order valence-corrected chi connectivity index (χ2v) is 7.11. The molecule has 2 rings (SSSR count). The average Bonchev–Trinajstić information content (AvgIpc) is 2.66. The lowest BCUT2D eigenvalue weighted by Crippen LogP contribution is -2.00. The largest absolute Gasteiger partial charge is 0.379 e. The number of rotatable bonds is 3. The van der Waals surface area contributed by atoms with Crippen LogP contribution in [0.1, 0.15) is 16.0 Å². The van der Waals surface area contributed by atoms with E-state index in [4.69, 9.17) is 5.26 Å². The zero-order valence-corrected chi connectivity index (χ0v) is 13.6. The third-order valence-electron chi connectivity index (χ3n) is 2.53. The second kappa shape index (κ2) is 5.87. The molecule has 0 aliphatic rings. The fraction of sp³-hybridized carbons (Fsp3) is 0.154. The smallest absolute Gasteiger partial charge is 0.102 e. The highest BCUT2D eigenvalue weighted by atomic mass is 79.9. The van der Waals surface area contributed by atoms with Crippen LogP contribution in [0.2, 0.25) is 0 Å². The summed E-state index contributed by atoms with van der Waals surface area (Å²) in [6, 6.07) is 10.1. The number of halogens is 2. The summed E-state index contributed by atoms with van der Waals surface area (Å²) in [4.78, 5) is 1.21. The predicted molar refractivity (Wildman–Crippen MR) is 82.9 cm³/mol. The van der Waals surface area contributed by atoms with Gasteiger partial charge in [-0.1, -0.05) is 12.1 Å². The molecule has 0 atom stereocenters. The maximum absolute atomic E-state index is 9.14. The SMILES string of the molecule is Cc1cccc(NCc2cc(Br)c(Br)s2)c1C#N. The van der Waals surface area contributed by atoms with E-state index in [0.29, 0.717) is 12.1 Å². The van der Waals surface area contributed by atoms with Crippen molar-refractivity contribution in [3.63, 3.8) is 0 Å². The Morgan fingerprint density at radius 3 is 2.78 bits per heavy atom. The lowest BCUT2D eigenvalue weighted by molar-refractivity contribution is 1.18. The van der Waals surface area contributed by atoms with Gasteiger partial charge in [-0.25, -0.2) is 0 Å². The second-order valence-electron chi connectivity index (χ2n) is 3.80. The number of nitriles is 1. The van der Waals surface area contributed by atoms with Crippen molar-refractivity contribution in [3.8, 4) is 6.07 Å². The molecular weight excluding hydrogens is 376 g/mol. The first kappa shape index (κ1) is 13.6. The summed E-state index contributed by atoms with van der Waals surface area (Å²) in [6.45, 7) is 2.66. The first-order valence-corrected chi connectivity index (χ1v) is 7.69. The molecule has 2 nitrogen and oxygen atoms in total. The summed E-state index contributed by atoms with van der Waals surface area (Å²) in [5.41, 5.74) is 2.60. The monoisotopic (exact) mass is 384 g/mol. The van der Waals surface area contributed by atoms with Crippen LogP contribution < -0.4 is 5.32 Å². The minimum atomic E-state index is 0.715. The maximum atomic E-state index is 9.14. The molecule has 0 saturated carbocycles. The highest BCUT2D eigenvalue weighted by Crippen LogP contribution is 2.32. The van der Waals surface area contributed by atoms with Crippen LogP contribution in [0, 0.1) is 18.3 Å². The van der Waals surface area contributed by atoms with Gasteiger partial charge in [-0.15, -0.1) is 11.3 Å². The van der Waals surface area contributed by atoms with Gasteiger partial charge in [0, 0.05) is 15.9 Å². The quantitative estimate of drug-likeness (QED) is 0.800. The summed E-state index contributed by atoms with van der Waals surface area (Å²) >= 11 is 8.61. The fourth-order valence-corrected chi connectivity index (χ4v) is 3.74. The van der Waals surface area contributed by atoms with Crippen molar-refractivity contribution in [2.75, 3.05) is 5.32 Å². The molecule has 1 N–H and O–H groups in total. The van der Waals surface area contributed by atoms with Gasteiger partial charge in [0.1, 0.15) is 6.07 Å². The van der Waals surface area contributed by atoms with E-state index in [1.165, 1.54) is 4.88 Å². The topological polar surface area (TPSA) is 35.8 Å². The van der Waals surface area contributed by atoms with Crippen LogP contribution in [0.25, 0.3) is 0 Å². The molecule has 2 aromatic rings. The number of nitrogens with one attached hydrogen (secondary N) is 1. The molecule has 0 radical (unpaired) electrons. The number of hydrogen-bond acceptors (Lipinski definition) is 3. The van der Waals surface area contributed by atoms with Crippen LogP contribution in [0.3, 0.4) is 0 Å². The summed E-state index contributed by atoms with van der Waals surface area (Å²) < 4.78 is 2.15. The van der Waals surface area contributed by atoms with Gasteiger partial charge in [0.05, 0.1) is 15.0 Å². The molecule has 0 saturated heterocycles. The summed E-state index contributed by atoms with van der Waals surface area (Å²) in [5, 5.41) is 12.5. The van der Waals surface area contributed by atoms with Gasteiger partial charge < -0.3 is 5.32 Å². The highest BCUT2D eigenvalue weighted by molar-refractivity contribution is 9.13. The molecule has 0 fully saturated rings. The van der Waals surface area contributed by atoms with Crippen LogP contribution in [0.4, 0.5) is 5.69 Å². The van der Waals surface area contributed by atoms with Crippen molar-refractivity contribution < 1.29 is 0 Å². The molecular formula is C13H10Br2N2S. The van der Waals surface area contributed by atoms with Gasteiger partial charge >= 0.3 is 0 Å². The number of nitrogens with zero attached hydrogens (tertiary/aromatic N) is 1. The molecule has 0 aliphatic heterocycles. The molecule has 0 unspecified atom stereocenters. The van der Waals surface area contributed by atoms with Crippen molar-refractivity contribution in [1.29, 1.82) is 5.26 Å². The standard InChI is InChI=1S/C13H10Br2N2S/c1-8-3-2-4-12(10(8)6-16)17-7-9-5-11(14)13(15)18-9/h2-5,17H,7H2,1H3. The number of benzene rings is 1. The van der Waals surface area contributed by atoms with E-state index in [1.54, 1.807) is 11.3 Å². The lowest BCUT2D eigenvalue weighted by Gasteiger charge is -2.08. The summed E-state index contributed by atoms with van der Waals surface area (Å²) in [7, 11) is 0. The molecule has 0 bridgehead atoms. The fourth-order valence-electron chi connectivity index (χ4n) is 1.62. The Bertz CT molecular complexity index is 594. The number of thiophene rings is 1. The number of hydrogen-bond donors (Lipinski definition) is 1. The Labute approximate surface area is 127 Å². The predicted octanol–water partition coefficient (Wildman–Crippen LogP) is 5.07. The third kappa shape index (κ3) is 2.94. The molecule has 0 amide bonds. The Kier molecular flexibility index (Phi) is 4.44. The Morgan fingerprint density at radius 2 is 2.17 bits per heavy atom. The first-order valence-electron chi connectivity index (χ1n) is 5.29. The van der Waals surface area contributed by atoms with E-state index >= 15 is 0 Å². The van der Waals surface area contributed by atoms with Crippen LogP contribution in [-0.2, 0) is 6.54 Å². The Morgan fingerprint density at radius 1 is 1.39 bits per heavy atom. The molecule has 18 heavy (non-hydrogen) atoms. The normalized spacial score (nSPS) is 10.1. The minimum Gasteiger partial charge on any atom is -0.379 e. The van der Waals surface area contributed by atoms with Crippen LogP contribution >= 0.6 is 43.2 Å². The van der Waals surface area contributed by atoms with Crippen molar-refractivity contribution in [2.24, 2.45) is 0 Å². The number of aryl methyl sites for hydroxylation is 1. The zero-order chi connectivity index (χ0) is 13.1. The average molecular weight is 386 g/mol. The van der Waals surface area contributed by atoms with Crippen molar-refractivity contribution in [3.05, 3.63) is 48.5 Å². The molecule has 1 aromatic carbocycles. The Balaban J connectivity index is 2.16. The first-order chi connectivity index (χ1) is 8.61. The summed E-state index contributed by atoms with van der Waals surface area (Å²) in [6.07, 6.45) is 0. The van der Waals surface area contributed by atoms with Gasteiger partial charge in [-0.3, -0.25) is 0 Å². The van der Waals surface area contributed by atoms with E-state index in [1.807, 2.05) is 25.1 Å². The van der Waals surface area contributed by atoms with Crippen LogP contribution in [-0.4, -0.2) is 0 Å². The van der Waals surface area contributed by atoms with E-state index in [2.05, 4.69) is 49.3 Å². The van der Waals surface area contributed by atoms with E-state index in [-0.39, 0.29) is 0 Å². The molecule has 1 aromatic heterocycles. The molecule has 5 heteroatoms. The summed E-state index contributed by atoms with van der Waals surface area (Å²) in [5.74, 6) is 0. The van der Waals surface area contributed by atoms with E-state index in [9.17, 15) is 0 Å². The third-order valence-corrected chi connectivity index (χ3v) is 5.79. The van der Waals surface area contributed by atoms with Crippen molar-refractivity contribution >= 4 is 48.9 Å². The van der Waals surface area contributed by atoms with E-state index in [0.717, 1.165) is 19.5 Å². The maximum Gasteiger partial charge on any atom is 0.102 e.